The van der Waals surface area contributed by atoms with Gasteiger partial charge in [0.05, 0.1) is 12.4 Å². The van der Waals surface area contributed by atoms with Crippen LogP contribution in [-0.4, -0.2) is 69.8 Å². The number of hydrogen-bond acceptors (Lipinski definition) is 6. The summed E-state index contributed by atoms with van der Waals surface area (Å²) in [6, 6.07) is 5.81. The Kier molecular flexibility index (Phi) is 5.55. The average Bonchev–Trinajstić information content (AvgIpc) is 3.14. The molecule has 1 aromatic carbocycles. The molecule has 2 heterocycles. The smallest absolute Gasteiger partial charge is 0.322 e. The van der Waals surface area contributed by atoms with Crippen molar-refractivity contribution in [2.75, 3.05) is 44.7 Å². The minimum Gasteiger partial charge on any atom is -0.468 e. The number of anilines is 1. The Labute approximate surface area is 155 Å². The molecule has 2 unspecified atom stereocenters. The van der Waals surface area contributed by atoms with E-state index < -0.39 is 27.3 Å². The average molecular weight is 381 g/mol. The quantitative estimate of drug-likeness (QED) is 0.772. The number of carbonyl (C=O) groups excluding carboxylic acids is 1. The Hall–Kier alpha value is -1.64. The minimum absolute atomic E-state index is 0.270. The fourth-order valence-electron chi connectivity index (χ4n) is 3.71. The molecule has 144 valence electrons. The van der Waals surface area contributed by atoms with Crippen LogP contribution in [0.5, 0.6) is 0 Å². The van der Waals surface area contributed by atoms with Crippen molar-refractivity contribution in [2.45, 2.75) is 31.6 Å². The van der Waals surface area contributed by atoms with Gasteiger partial charge in [-0.1, -0.05) is 12.1 Å². The van der Waals surface area contributed by atoms with Gasteiger partial charge in [-0.2, -0.15) is 4.31 Å². The number of rotatable bonds is 4. The molecule has 2 saturated heterocycles. The number of sulfonamides is 1. The molecule has 0 radical (unpaired) electrons. The molecule has 0 amide bonds. The maximum atomic E-state index is 12.9. The van der Waals surface area contributed by atoms with Gasteiger partial charge in [-0.15, -0.1) is 0 Å². The predicted molar refractivity (Wildman–Crippen MR) is 101 cm³/mol. The molecule has 0 saturated carbocycles. The van der Waals surface area contributed by atoms with Crippen LogP contribution >= 0.6 is 0 Å². The molecule has 26 heavy (non-hydrogen) atoms. The van der Waals surface area contributed by atoms with Crippen LogP contribution in [0.2, 0.25) is 0 Å². The summed E-state index contributed by atoms with van der Waals surface area (Å²) in [6.07, 6.45) is 0.270. The maximum Gasteiger partial charge on any atom is 0.322 e. The monoisotopic (exact) mass is 381 g/mol. The summed E-state index contributed by atoms with van der Waals surface area (Å²) in [4.78, 5) is 13.9. The standard InChI is InChI=1S/C18H27N3O4S/c1-13-4-5-14(2)17(10-13)20-6-8-21(9-7-20)26(23,24)15-11-16(19-12-15)18(22)25-3/h4-5,10,15-16,19H,6-9,11-12H2,1-3H3. The van der Waals surface area contributed by atoms with Crippen LogP contribution in [0.25, 0.3) is 0 Å². The molecule has 0 aliphatic carbocycles. The lowest BCUT2D eigenvalue weighted by atomic mass is 10.1. The predicted octanol–water partition coefficient (Wildman–Crippen LogP) is 0.659. The molecule has 3 rings (SSSR count). The molecular weight excluding hydrogens is 354 g/mol. The first-order valence-electron chi connectivity index (χ1n) is 8.95. The molecule has 0 bridgehead atoms. The number of aryl methyl sites for hydroxylation is 2. The number of benzene rings is 1. The molecule has 7 nitrogen and oxygen atoms in total. The van der Waals surface area contributed by atoms with Crippen molar-refractivity contribution in [3.63, 3.8) is 0 Å². The van der Waals surface area contributed by atoms with Gasteiger partial charge in [0.1, 0.15) is 6.04 Å². The van der Waals surface area contributed by atoms with Gasteiger partial charge >= 0.3 is 5.97 Å². The Morgan fingerprint density at radius 3 is 2.54 bits per heavy atom. The summed E-state index contributed by atoms with van der Waals surface area (Å²) in [5.41, 5.74) is 3.58. The number of nitrogens with zero attached hydrogens (tertiary/aromatic N) is 2. The van der Waals surface area contributed by atoms with Gasteiger partial charge in [0.25, 0.3) is 0 Å². The zero-order chi connectivity index (χ0) is 18.9. The van der Waals surface area contributed by atoms with E-state index >= 15 is 0 Å². The molecule has 2 aliphatic heterocycles. The fourth-order valence-corrected chi connectivity index (χ4v) is 5.54. The fraction of sp³-hybridized carbons (Fsp3) is 0.611. The lowest BCUT2D eigenvalue weighted by Gasteiger charge is -2.37. The molecule has 2 atom stereocenters. The second-order valence-electron chi connectivity index (χ2n) is 7.06. The van der Waals surface area contributed by atoms with E-state index in [9.17, 15) is 13.2 Å². The zero-order valence-corrected chi connectivity index (χ0v) is 16.4. The van der Waals surface area contributed by atoms with E-state index in [0.717, 1.165) is 0 Å². The number of nitrogens with one attached hydrogen (secondary N) is 1. The Morgan fingerprint density at radius 1 is 1.19 bits per heavy atom. The highest BCUT2D eigenvalue weighted by molar-refractivity contribution is 7.89. The van der Waals surface area contributed by atoms with Gasteiger partial charge in [0, 0.05) is 38.4 Å². The van der Waals surface area contributed by atoms with E-state index in [1.54, 1.807) is 4.31 Å². The SMILES string of the molecule is COC(=O)C1CC(S(=O)(=O)N2CCN(c3cc(C)ccc3C)CC2)CN1. The molecule has 8 heteroatoms. The molecule has 2 fully saturated rings. The summed E-state index contributed by atoms with van der Waals surface area (Å²) in [6.45, 7) is 6.71. The molecule has 2 aliphatic rings. The van der Waals surface area contributed by atoms with E-state index in [2.05, 4.69) is 42.3 Å². The first-order chi connectivity index (χ1) is 12.3. The lowest BCUT2D eigenvalue weighted by Crippen LogP contribution is -2.51. The number of esters is 1. The van der Waals surface area contributed by atoms with E-state index in [0.29, 0.717) is 32.7 Å². The third-order valence-electron chi connectivity index (χ3n) is 5.30. The Bertz CT molecular complexity index is 773. The molecule has 1 aromatic rings. The number of methoxy groups -OCH3 is 1. The molecule has 0 aromatic heterocycles. The van der Waals surface area contributed by atoms with Gasteiger partial charge in [-0.3, -0.25) is 4.79 Å². The van der Waals surface area contributed by atoms with E-state index in [4.69, 9.17) is 4.74 Å². The minimum atomic E-state index is -3.42. The number of hydrogen-bond donors (Lipinski definition) is 1. The summed E-state index contributed by atoms with van der Waals surface area (Å²) in [5, 5.41) is 2.39. The van der Waals surface area contributed by atoms with Crippen molar-refractivity contribution < 1.29 is 17.9 Å². The lowest BCUT2D eigenvalue weighted by molar-refractivity contribution is -0.142. The van der Waals surface area contributed by atoms with Crippen molar-refractivity contribution in [1.29, 1.82) is 0 Å². The summed E-state index contributed by atoms with van der Waals surface area (Å²) >= 11 is 0. The molecule has 1 N–H and O–H groups in total. The van der Waals surface area contributed by atoms with Crippen LogP contribution in [0.1, 0.15) is 17.5 Å². The van der Waals surface area contributed by atoms with E-state index in [-0.39, 0.29) is 6.42 Å². The molecule has 0 spiro atoms. The summed E-state index contributed by atoms with van der Waals surface area (Å²) in [7, 11) is -2.11. The third kappa shape index (κ3) is 3.72. The maximum absolute atomic E-state index is 12.9. The number of piperazine rings is 1. The van der Waals surface area contributed by atoms with Crippen molar-refractivity contribution in [3.05, 3.63) is 29.3 Å². The van der Waals surface area contributed by atoms with Gasteiger partial charge in [-0.05, 0) is 37.5 Å². The van der Waals surface area contributed by atoms with Crippen LogP contribution in [0.4, 0.5) is 5.69 Å². The van der Waals surface area contributed by atoms with Gasteiger partial charge in [0.15, 0.2) is 0 Å². The topological polar surface area (TPSA) is 79.0 Å². The third-order valence-corrected chi connectivity index (χ3v) is 7.59. The van der Waals surface area contributed by atoms with Crippen LogP contribution in [0, 0.1) is 13.8 Å². The van der Waals surface area contributed by atoms with Crippen LogP contribution in [0.3, 0.4) is 0 Å². The number of carbonyl (C=O) groups is 1. The highest BCUT2D eigenvalue weighted by Crippen LogP contribution is 2.25. The van der Waals surface area contributed by atoms with Crippen molar-refractivity contribution in [3.8, 4) is 0 Å². The highest BCUT2D eigenvalue weighted by atomic mass is 32.2. The van der Waals surface area contributed by atoms with Crippen molar-refractivity contribution >= 4 is 21.7 Å². The Balaban J connectivity index is 1.64. The van der Waals surface area contributed by atoms with Gasteiger partial charge in [-0.25, -0.2) is 8.42 Å². The van der Waals surface area contributed by atoms with Crippen molar-refractivity contribution in [2.24, 2.45) is 0 Å². The van der Waals surface area contributed by atoms with E-state index in [1.165, 1.54) is 23.9 Å². The summed E-state index contributed by atoms with van der Waals surface area (Å²) in [5.74, 6) is -0.401. The summed E-state index contributed by atoms with van der Waals surface area (Å²) < 4.78 is 32.1. The van der Waals surface area contributed by atoms with Crippen LogP contribution in [-0.2, 0) is 19.6 Å². The largest absolute Gasteiger partial charge is 0.468 e. The highest BCUT2D eigenvalue weighted by Gasteiger charge is 2.41. The normalized spacial score (nSPS) is 24.7. The molecular formula is C18H27N3O4S. The van der Waals surface area contributed by atoms with E-state index in [1.807, 2.05) is 0 Å². The zero-order valence-electron chi connectivity index (χ0n) is 15.6. The Morgan fingerprint density at radius 2 is 1.88 bits per heavy atom. The van der Waals surface area contributed by atoms with Crippen LogP contribution in [0.15, 0.2) is 18.2 Å². The second kappa shape index (κ2) is 7.54. The first kappa shape index (κ1) is 19.1. The van der Waals surface area contributed by atoms with Crippen molar-refractivity contribution in [1.82, 2.24) is 9.62 Å². The van der Waals surface area contributed by atoms with Gasteiger partial charge in [0.2, 0.25) is 10.0 Å². The second-order valence-corrected chi connectivity index (χ2v) is 9.28. The van der Waals surface area contributed by atoms with Crippen LogP contribution < -0.4 is 10.2 Å². The van der Waals surface area contributed by atoms with Gasteiger partial charge < -0.3 is 15.0 Å². The number of ether oxygens (including phenoxy) is 1. The first-order valence-corrected chi connectivity index (χ1v) is 10.5.